The lowest BCUT2D eigenvalue weighted by Crippen LogP contribution is -2.39. The summed E-state index contributed by atoms with van der Waals surface area (Å²) in [6, 6.07) is 7.16. The first-order valence-corrected chi connectivity index (χ1v) is 8.41. The Hall–Kier alpha value is -2.32. The Kier molecular flexibility index (Phi) is 4.63. The fraction of sp³-hybridized carbons (Fsp3) is 0.133. The van der Waals surface area contributed by atoms with Crippen LogP contribution in [0.5, 0.6) is 0 Å². The molecule has 2 aromatic rings. The molecule has 0 atom stereocenters. The standard InChI is InChI=1S/C15H12N2O4S2/c18-13(16-8-10-3-1-5-21-10)9-17-14(19)12(23-15(17)20)7-11-4-2-6-22-11/h1-7H,8-9H2,(H,16,18)/b12-7-. The number of thiophene rings is 1. The van der Waals surface area contributed by atoms with Crippen LogP contribution in [0, 0.1) is 0 Å². The molecule has 6 nitrogen and oxygen atoms in total. The summed E-state index contributed by atoms with van der Waals surface area (Å²) >= 11 is 2.32. The summed E-state index contributed by atoms with van der Waals surface area (Å²) in [5.74, 6) is -0.257. The minimum absolute atomic E-state index is 0.215. The van der Waals surface area contributed by atoms with Crippen LogP contribution in [0.2, 0.25) is 0 Å². The lowest BCUT2D eigenvalue weighted by atomic mass is 10.3. The van der Waals surface area contributed by atoms with Crippen molar-refractivity contribution in [2.45, 2.75) is 6.54 Å². The smallest absolute Gasteiger partial charge is 0.294 e. The van der Waals surface area contributed by atoms with Crippen LogP contribution < -0.4 is 5.32 Å². The van der Waals surface area contributed by atoms with E-state index in [1.807, 2.05) is 17.5 Å². The number of imide groups is 1. The average molecular weight is 348 g/mol. The highest BCUT2D eigenvalue weighted by atomic mass is 32.2. The second-order valence-corrected chi connectivity index (χ2v) is 6.61. The molecule has 0 aliphatic carbocycles. The molecular formula is C15H12N2O4S2. The Bertz CT molecular complexity index is 751. The van der Waals surface area contributed by atoms with Gasteiger partial charge in [-0.25, -0.2) is 0 Å². The predicted molar refractivity (Wildman–Crippen MR) is 87.6 cm³/mol. The summed E-state index contributed by atoms with van der Waals surface area (Å²) in [5, 5.41) is 4.06. The predicted octanol–water partition coefficient (Wildman–Crippen LogP) is 2.69. The Morgan fingerprint density at radius 2 is 2.17 bits per heavy atom. The number of rotatable bonds is 5. The molecule has 3 rings (SSSR count). The summed E-state index contributed by atoms with van der Waals surface area (Å²) in [7, 11) is 0. The van der Waals surface area contributed by atoms with E-state index in [9.17, 15) is 14.4 Å². The third-order valence-corrected chi connectivity index (χ3v) is 4.76. The highest BCUT2D eigenvalue weighted by molar-refractivity contribution is 8.18. The third-order valence-electron chi connectivity index (χ3n) is 3.03. The van der Waals surface area contributed by atoms with Crippen molar-refractivity contribution in [2.75, 3.05) is 6.54 Å². The summed E-state index contributed by atoms with van der Waals surface area (Å²) < 4.78 is 5.10. The second-order valence-electron chi connectivity index (χ2n) is 4.64. The van der Waals surface area contributed by atoms with E-state index >= 15 is 0 Å². The van der Waals surface area contributed by atoms with Crippen molar-refractivity contribution in [3.05, 3.63) is 51.5 Å². The molecule has 0 unspecified atom stereocenters. The fourth-order valence-electron chi connectivity index (χ4n) is 1.94. The molecular weight excluding hydrogens is 336 g/mol. The quantitative estimate of drug-likeness (QED) is 0.841. The van der Waals surface area contributed by atoms with E-state index in [1.54, 1.807) is 18.2 Å². The van der Waals surface area contributed by atoms with Crippen molar-refractivity contribution in [2.24, 2.45) is 0 Å². The zero-order valence-electron chi connectivity index (χ0n) is 11.9. The van der Waals surface area contributed by atoms with Gasteiger partial charge in [0.25, 0.3) is 11.1 Å². The third kappa shape index (κ3) is 3.72. The van der Waals surface area contributed by atoms with Crippen LogP contribution in [0.15, 0.2) is 45.2 Å². The van der Waals surface area contributed by atoms with Crippen LogP contribution in [0.3, 0.4) is 0 Å². The number of nitrogens with zero attached hydrogens (tertiary/aromatic N) is 1. The molecule has 1 saturated heterocycles. The molecule has 0 aromatic carbocycles. The first-order valence-electron chi connectivity index (χ1n) is 6.71. The van der Waals surface area contributed by atoms with Crippen molar-refractivity contribution < 1.29 is 18.8 Å². The van der Waals surface area contributed by atoms with Gasteiger partial charge in [-0.05, 0) is 41.4 Å². The zero-order chi connectivity index (χ0) is 16.2. The van der Waals surface area contributed by atoms with E-state index in [1.165, 1.54) is 17.6 Å². The van der Waals surface area contributed by atoms with Crippen molar-refractivity contribution in [3.63, 3.8) is 0 Å². The summed E-state index contributed by atoms with van der Waals surface area (Å²) in [6.07, 6.45) is 3.17. The molecule has 1 aliphatic rings. The normalized spacial score (nSPS) is 16.3. The monoisotopic (exact) mass is 348 g/mol. The largest absolute Gasteiger partial charge is 0.467 e. The summed E-state index contributed by atoms with van der Waals surface area (Å²) in [4.78, 5) is 38.2. The van der Waals surface area contributed by atoms with E-state index in [4.69, 9.17) is 4.42 Å². The Morgan fingerprint density at radius 3 is 2.87 bits per heavy atom. The number of furan rings is 1. The number of hydrogen-bond acceptors (Lipinski definition) is 6. The van der Waals surface area contributed by atoms with Gasteiger partial charge >= 0.3 is 0 Å². The second kappa shape index (κ2) is 6.84. The molecule has 23 heavy (non-hydrogen) atoms. The van der Waals surface area contributed by atoms with Crippen LogP contribution in [-0.2, 0) is 16.1 Å². The molecule has 3 amide bonds. The zero-order valence-corrected chi connectivity index (χ0v) is 13.5. The summed E-state index contributed by atoms with van der Waals surface area (Å²) in [6.45, 7) is -0.0831. The number of carbonyl (C=O) groups excluding carboxylic acids is 3. The minimum atomic E-state index is -0.443. The molecule has 1 N–H and O–H groups in total. The lowest BCUT2D eigenvalue weighted by Gasteiger charge is -2.11. The van der Waals surface area contributed by atoms with Gasteiger partial charge in [-0.2, -0.15) is 0 Å². The van der Waals surface area contributed by atoms with Crippen LogP contribution in [-0.4, -0.2) is 28.5 Å². The molecule has 0 radical (unpaired) electrons. The number of nitrogens with one attached hydrogen (secondary N) is 1. The van der Waals surface area contributed by atoms with Gasteiger partial charge in [0.1, 0.15) is 12.3 Å². The van der Waals surface area contributed by atoms with Crippen molar-refractivity contribution in [1.82, 2.24) is 10.2 Å². The maximum absolute atomic E-state index is 12.2. The van der Waals surface area contributed by atoms with Crippen molar-refractivity contribution >= 4 is 46.2 Å². The van der Waals surface area contributed by atoms with Crippen LogP contribution >= 0.6 is 23.1 Å². The van der Waals surface area contributed by atoms with Gasteiger partial charge in [0.15, 0.2) is 0 Å². The van der Waals surface area contributed by atoms with E-state index in [-0.39, 0.29) is 13.1 Å². The van der Waals surface area contributed by atoms with Crippen molar-refractivity contribution in [1.29, 1.82) is 0 Å². The topological polar surface area (TPSA) is 79.6 Å². The van der Waals surface area contributed by atoms with Gasteiger partial charge < -0.3 is 9.73 Å². The minimum Gasteiger partial charge on any atom is -0.467 e. The highest BCUT2D eigenvalue weighted by Crippen LogP contribution is 2.32. The number of thioether (sulfide) groups is 1. The van der Waals surface area contributed by atoms with Crippen molar-refractivity contribution in [3.8, 4) is 0 Å². The van der Waals surface area contributed by atoms with Crippen LogP contribution in [0.4, 0.5) is 4.79 Å². The molecule has 8 heteroatoms. The average Bonchev–Trinajstić information content (AvgIpc) is 3.25. The number of hydrogen-bond donors (Lipinski definition) is 1. The van der Waals surface area contributed by atoms with E-state index in [0.717, 1.165) is 21.5 Å². The molecule has 0 spiro atoms. The molecule has 1 aliphatic heterocycles. The van der Waals surface area contributed by atoms with Gasteiger partial charge in [0.05, 0.1) is 17.7 Å². The van der Waals surface area contributed by atoms with Gasteiger partial charge in [-0.3, -0.25) is 19.3 Å². The SMILES string of the molecule is O=C(CN1C(=O)S/C(=C\c2cccs2)C1=O)NCc1ccco1. The number of amides is 3. The first kappa shape index (κ1) is 15.6. The first-order chi connectivity index (χ1) is 11.1. The molecule has 1 fully saturated rings. The van der Waals surface area contributed by atoms with Gasteiger partial charge in [0, 0.05) is 4.88 Å². The summed E-state index contributed by atoms with van der Waals surface area (Å²) in [5.41, 5.74) is 0. The highest BCUT2D eigenvalue weighted by Gasteiger charge is 2.36. The van der Waals surface area contributed by atoms with E-state index < -0.39 is 17.1 Å². The Balaban J connectivity index is 1.60. The molecule has 0 bridgehead atoms. The maximum atomic E-state index is 12.2. The van der Waals surface area contributed by atoms with Gasteiger partial charge in [-0.1, -0.05) is 6.07 Å². The van der Waals surface area contributed by atoms with Crippen LogP contribution in [0.25, 0.3) is 6.08 Å². The molecule has 0 saturated carbocycles. The number of carbonyl (C=O) groups is 3. The molecule has 3 heterocycles. The van der Waals surface area contributed by atoms with Gasteiger partial charge in [-0.15, -0.1) is 11.3 Å². The maximum Gasteiger partial charge on any atom is 0.294 e. The van der Waals surface area contributed by atoms with E-state index in [0.29, 0.717) is 10.7 Å². The van der Waals surface area contributed by atoms with Crippen LogP contribution in [0.1, 0.15) is 10.6 Å². The van der Waals surface area contributed by atoms with Gasteiger partial charge in [0.2, 0.25) is 5.91 Å². The molecule has 2 aromatic heterocycles. The lowest BCUT2D eigenvalue weighted by molar-refractivity contribution is -0.129. The fourth-order valence-corrected chi connectivity index (χ4v) is 3.50. The Morgan fingerprint density at radius 1 is 1.30 bits per heavy atom. The van der Waals surface area contributed by atoms with E-state index in [2.05, 4.69) is 5.32 Å². The Labute approximate surface area is 140 Å². The molecule has 118 valence electrons.